The molecule has 0 saturated carbocycles. The molecule has 0 atom stereocenters. The van der Waals surface area contributed by atoms with Crippen LogP contribution >= 0.6 is 27.5 Å². The normalized spacial score (nSPS) is 9.53. The van der Waals surface area contributed by atoms with Gasteiger partial charge >= 0.3 is 0 Å². The lowest BCUT2D eigenvalue weighted by molar-refractivity contribution is 0.811. The lowest BCUT2D eigenvalue weighted by Crippen LogP contribution is -1.72. The van der Waals surface area contributed by atoms with E-state index >= 15 is 0 Å². The first kappa shape index (κ1) is 12.6. The van der Waals surface area contributed by atoms with Gasteiger partial charge < -0.3 is 0 Å². The molecule has 0 radical (unpaired) electrons. The first-order valence-corrected chi connectivity index (χ1v) is 6.26. The molecule has 0 bridgehead atoms. The van der Waals surface area contributed by atoms with Crippen LogP contribution in [0.4, 0.5) is 0 Å². The van der Waals surface area contributed by atoms with E-state index in [0.29, 0.717) is 0 Å². The van der Waals surface area contributed by atoms with Gasteiger partial charge in [0.1, 0.15) is 0 Å². The van der Waals surface area contributed by atoms with Gasteiger partial charge in [-0.05, 0) is 52.5 Å². The molecule has 2 heteroatoms. The van der Waals surface area contributed by atoms with Crippen molar-refractivity contribution < 1.29 is 0 Å². The van der Waals surface area contributed by atoms with Gasteiger partial charge in [-0.2, -0.15) is 0 Å². The Labute approximate surface area is 105 Å². The molecule has 1 aromatic carbocycles. The first-order chi connectivity index (χ1) is 7.22. The van der Waals surface area contributed by atoms with Crippen LogP contribution in [0.15, 0.2) is 34.5 Å². The fourth-order valence-corrected chi connectivity index (χ4v) is 1.65. The second kappa shape index (κ2) is 6.90. The molecule has 0 nitrogen and oxygen atoms in total. The van der Waals surface area contributed by atoms with Gasteiger partial charge in [0, 0.05) is 9.51 Å². The van der Waals surface area contributed by atoms with Crippen LogP contribution in [0.25, 0.3) is 6.08 Å². The average Bonchev–Trinajstić information content (AvgIpc) is 2.25. The van der Waals surface area contributed by atoms with E-state index in [-0.39, 0.29) is 0 Å². The Morgan fingerprint density at radius 1 is 1.40 bits per heavy atom. The summed E-state index contributed by atoms with van der Waals surface area (Å²) >= 11 is 9.29. The molecule has 0 aliphatic heterocycles. The minimum Gasteiger partial charge on any atom is -0.109 e. The molecule has 80 valence electrons. The molecular formula is C13H14BrCl. The summed E-state index contributed by atoms with van der Waals surface area (Å²) in [5, 5.41) is 0.765. The maximum Gasteiger partial charge on any atom is 0.0406 e. The van der Waals surface area contributed by atoms with E-state index in [2.05, 4.69) is 28.6 Å². The van der Waals surface area contributed by atoms with Gasteiger partial charge in [0.2, 0.25) is 0 Å². The number of unbranched alkanes of at least 4 members (excludes halogenated alkanes) is 1. The molecule has 0 amide bonds. The molecule has 0 unspecified atom stereocenters. The van der Waals surface area contributed by atoms with E-state index in [0.717, 1.165) is 21.5 Å². The van der Waals surface area contributed by atoms with Crippen LogP contribution in [0.1, 0.15) is 31.7 Å². The summed E-state index contributed by atoms with van der Waals surface area (Å²) in [5.74, 6) is 0. The number of hydrogen-bond donors (Lipinski definition) is 0. The summed E-state index contributed by atoms with van der Waals surface area (Å²) in [6.07, 6.45) is 5.43. The third-order valence-corrected chi connectivity index (χ3v) is 2.89. The number of halogens is 2. The Kier molecular flexibility index (Phi) is 5.78. The van der Waals surface area contributed by atoms with Gasteiger partial charge in [-0.1, -0.05) is 37.1 Å². The number of rotatable bonds is 4. The van der Waals surface area contributed by atoms with Crippen molar-refractivity contribution in [3.05, 3.63) is 45.1 Å². The molecular weight excluding hydrogens is 272 g/mol. The predicted molar refractivity (Wildman–Crippen MR) is 71.4 cm³/mol. The summed E-state index contributed by atoms with van der Waals surface area (Å²) < 4.78 is 1.12. The van der Waals surface area contributed by atoms with E-state index in [4.69, 9.17) is 11.6 Å². The van der Waals surface area contributed by atoms with E-state index in [9.17, 15) is 0 Å². The molecule has 0 N–H and O–H groups in total. The molecule has 0 saturated heterocycles. The van der Waals surface area contributed by atoms with Gasteiger partial charge in [-0.15, -0.1) is 5.73 Å². The van der Waals surface area contributed by atoms with Crippen molar-refractivity contribution in [2.45, 2.75) is 26.2 Å². The van der Waals surface area contributed by atoms with Gasteiger partial charge in [0.05, 0.1) is 0 Å². The Bertz CT molecular complexity index is 359. The van der Waals surface area contributed by atoms with E-state index in [1.807, 2.05) is 30.3 Å². The van der Waals surface area contributed by atoms with Crippen LogP contribution in [0.5, 0.6) is 0 Å². The molecule has 0 fully saturated rings. The summed E-state index contributed by atoms with van der Waals surface area (Å²) in [6, 6.07) is 7.73. The monoisotopic (exact) mass is 284 g/mol. The summed E-state index contributed by atoms with van der Waals surface area (Å²) in [4.78, 5) is 0. The SMILES string of the molecule is CCCCC(Br)=C=Cc1ccc(Cl)cc1. The van der Waals surface area contributed by atoms with E-state index < -0.39 is 0 Å². The third kappa shape index (κ3) is 5.22. The highest BCUT2D eigenvalue weighted by molar-refractivity contribution is 9.11. The second-order valence-electron chi connectivity index (χ2n) is 3.35. The third-order valence-electron chi connectivity index (χ3n) is 2.02. The molecule has 1 rings (SSSR count). The van der Waals surface area contributed by atoms with Gasteiger partial charge in [0.25, 0.3) is 0 Å². The molecule has 0 spiro atoms. The van der Waals surface area contributed by atoms with Crippen molar-refractivity contribution in [2.75, 3.05) is 0 Å². The fraction of sp³-hybridized carbons (Fsp3) is 0.308. The number of allylic oxidation sites excluding steroid dienone is 1. The largest absolute Gasteiger partial charge is 0.109 e. The zero-order valence-electron chi connectivity index (χ0n) is 8.76. The van der Waals surface area contributed by atoms with Crippen LogP contribution in [0, 0.1) is 0 Å². The first-order valence-electron chi connectivity index (χ1n) is 5.09. The van der Waals surface area contributed by atoms with Crippen molar-refractivity contribution in [1.29, 1.82) is 0 Å². The summed E-state index contributed by atoms with van der Waals surface area (Å²) in [6.45, 7) is 2.18. The molecule has 0 aromatic heterocycles. The van der Waals surface area contributed by atoms with Gasteiger partial charge in [-0.25, -0.2) is 0 Å². The van der Waals surface area contributed by atoms with Crippen LogP contribution < -0.4 is 0 Å². The Hall–Kier alpha value is -0.490. The maximum absolute atomic E-state index is 5.79. The Balaban J connectivity index is 2.67. The van der Waals surface area contributed by atoms with Gasteiger partial charge in [0.15, 0.2) is 0 Å². The second-order valence-corrected chi connectivity index (χ2v) is 4.74. The highest BCUT2D eigenvalue weighted by atomic mass is 79.9. The van der Waals surface area contributed by atoms with Crippen LogP contribution in [0.2, 0.25) is 5.02 Å². The molecule has 0 aliphatic carbocycles. The van der Waals surface area contributed by atoms with Crippen molar-refractivity contribution in [1.82, 2.24) is 0 Å². The number of benzene rings is 1. The van der Waals surface area contributed by atoms with Crippen LogP contribution in [-0.4, -0.2) is 0 Å². The summed E-state index contributed by atoms with van der Waals surface area (Å²) in [7, 11) is 0. The average molecular weight is 286 g/mol. The molecule has 0 aliphatic rings. The van der Waals surface area contributed by atoms with Crippen molar-refractivity contribution in [3.63, 3.8) is 0 Å². The van der Waals surface area contributed by atoms with Gasteiger partial charge in [-0.3, -0.25) is 0 Å². The van der Waals surface area contributed by atoms with Crippen molar-refractivity contribution in [2.24, 2.45) is 0 Å². The molecule has 15 heavy (non-hydrogen) atoms. The minimum atomic E-state index is 0.765. The van der Waals surface area contributed by atoms with Crippen molar-refractivity contribution >= 4 is 33.6 Å². The summed E-state index contributed by atoms with van der Waals surface area (Å²) in [5.41, 5.74) is 4.34. The van der Waals surface area contributed by atoms with E-state index in [1.54, 1.807) is 0 Å². The Morgan fingerprint density at radius 3 is 2.67 bits per heavy atom. The predicted octanol–water partition coefficient (Wildman–Crippen LogP) is 5.42. The lowest BCUT2D eigenvalue weighted by Gasteiger charge is -1.93. The van der Waals surface area contributed by atoms with E-state index in [1.165, 1.54) is 12.8 Å². The Morgan fingerprint density at radius 2 is 2.07 bits per heavy atom. The maximum atomic E-state index is 5.79. The molecule has 1 aromatic rings. The highest BCUT2D eigenvalue weighted by Crippen LogP contribution is 2.14. The lowest BCUT2D eigenvalue weighted by atomic mass is 10.2. The quantitative estimate of drug-likeness (QED) is 0.648. The highest BCUT2D eigenvalue weighted by Gasteiger charge is 1.89. The smallest absolute Gasteiger partial charge is 0.0406 e. The topological polar surface area (TPSA) is 0 Å². The molecule has 0 heterocycles. The standard InChI is InChI=1S/C13H14BrCl/c1-2-3-4-12(14)8-5-11-6-9-13(15)10-7-11/h5-7,9-10H,2-4H2,1H3. The van der Waals surface area contributed by atoms with Crippen molar-refractivity contribution in [3.8, 4) is 0 Å². The zero-order chi connectivity index (χ0) is 11.1. The number of hydrogen-bond acceptors (Lipinski definition) is 0. The van der Waals surface area contributed by atoms with Crippen LogP contribution in [-0.2, 0) is 0 Å². The van der Waals surface area contributed by atoms with Crippen LogP contribution in [0.3, 0.4) is 0 Å². The zero-order valence-corrected chi connectivity index (χ0v) is 11.1. The fourth-order valence-electron chi connectivity index (χ4n) is 1.12. The minimum absolute atomic E-state index is 0.765.